The van der Waals surface area contributed by atoms with E-state index in [-0.39, 0.29) is 45.1 Å². The minimum Gasteiger partial charge on any atom is -0.492 e. The zero-order valence-corrected chi connectivity index (χ0v) is 17.1. The van der Waals surface area contributed by atoms with Crippen molar-refractivity contribution in [1.82, 2.24) is 5.32 Å². The zero-order valence-electron chi connectivity index (χ0n) is 15.6. The highest BCUT2D eigenvalue weighted by molar-refractivity contribution is 6.58. The summed E-state index contributed by atoms with van der Waals surface area (Å²) in [6.07, 6.45) is 1.50. The van der Waals surface area contributed by atoms with Crippen molar-refractivity contribution in [2.75, 3.05) is 14.2 Å². The Bertz CT molecular complexity index is 972. The molecule has 0 amide bonds. The number of halogens is 3. The molecule has 0 fully saturated rings. The molecular weight excluding hydrogens is 424 g/mol. The van der Waals surface area contributed by atoms with Gasteiger partial charge in [0.05, 0.1) is 37.7 Å². The van der Waals surface area contributed by atoms with Gasteiger partial charge in [-0.15, -0.1) is 0 Å². The van der Waals surface area contributed by atoms with Crippen LogP contribution in [0.25, 0.3) is 5.70 Å². The van der Waals surface area contributed by atoms with Crippen molar-refractivity contribution >= 4 is 40.6 Å². The fourth-order valence-electron chi connectivity index (χ4n) is 2.22. The quantitative estimate of drug-likeness (QED) is 0.477. The van der Waals surface area contributed by atoms with Crippen LogP contribution in [-0.2, 0) is 16.1 Å². The maximum absolute atomic E-state index is 14.6. The molecule has 1 aromatic carbocycles. The van der Waals surface area contributed by atoms with Crippen LogP contribution in [0.1, 0.15) is 11.3 Å². The number of nitrogens with one attached hydrogen (secondary N) is 1. The maximum atomic E-state index is 14.6. The molecule has 0 saturated carbocycles. The molecule has 0 saturated heterocycles. The summed E-state index contributed by atoms with van der Waals surface area (Å²) >= 11 is 12.1. The number of furan rings is 1. The van der Waals surface area contributed by atoms with Crippen molar-refractivity contribution < 1.29 is 23.1 Å². The van der Waals surface area contributed by atoms with Crippen molar-refractivity contribution in [2.45, 2.75) is 6.54 Å². The molecule has 0 unspecified atom stereocenters. The van der Waals surface area contributed by atoms with Gasteiger partial charge in [-0.25, -0.2) is 14.2 Å². The van der Waals surface area contributed by atoms with Crippen molar-refractivity contribution in [3.05, 3.63) is 70.1 Å². The molecule has 0 atom stereocenters. The van der Waals surface area contributed by atoms with E-state index in [0.29, 0.717) is 5.76 Å². The van der Waals surface area contributed by atoms with Crippen LogP contribution in [0, 0.1) is 5.82 Å². The molecule has 2 aromatic rings. The van der Waals surface area contributed by atoms with E-state index in [1.807, 2.05) is 0 Å². The number of aliphatic imine (C=N–C) groups is 1. The Balaban J connectivity index is 2.38. The molecule has 0 aliphatic carbocycles. The molecule has 3 N–H and O–H groups in total. The van der Waals surface area contributed by atoms with Crippen LogP contribution in [-0.4, -0.2) is 25.9 Å². The zero-order chi connectivity index (χ0) is 21.6. The lowest BCUT2D eigenvalue weighted by Gasteiger charge is -2.12. The van der Waals surface area contributed by atoms with Gasteiger partial charge in [0.25, 0.3) is 0 Å². The van der Waals surface area contributed by atoms with Gasteiger partial charge >= 0.3 is 5.97 Å². The van der Waals surface area contributed by atoms with Gasteiger partial charge in [-0.2, -0.15) is 0 Å². The number of rotatable bonds is 8. The Morgan fingerprint density at radius 2 is 2.10 bits per heavy atom. The largest absolute Gasteiger partial charge is 0.492 e. The van der Waals surface area contributed by atoms with E-state index < -0.39 is 11.8 Å². The van der Waals surface area contributed by atoms with Crippen LogP contribution in [0.3, 0.4) is 0 Å². The average molecular weight is 442 g/mol. The number of carbonyl (C=O) groups is 1. The van der Waals surface area contributed by atoms with Gasteiger partial charge in [0.2, 0.25) is 0 Å². The highest BCUT2D eigenvalue weighted by Crippen LogP contribution is 2.33. The third kappa shape index (κ3) is 5.30. The van der Waals surface area contributed by atoms with Crippen LogP contribution < -0.4 is 15.8 Å². The SMILES string of the molecule is C=C(/N=C(C(=O)OC)\C(Cl)=C(/N)NCc1ccco1)c1ccc(Cl)c(OC)c1F. The fourth-order valence-corrected chi connectivity index (χ4v) is 2.63. The summed E-state index contributed by atoms with van der Waals surface area (Å²) in [4.78, 5) is 16.2. The van der Waals surface area contributed by atoms with Gasteiger partial charge in [-0.1, -0.05) is 29.8 Å². The van der Waals surface area contributed by atoms with E-state index in [4.69, 9.17) is 42.8 Å². The molecule has 1 aromatic heterocycles. The van der Waals surface area contributed by atoms with Crippen molar-refractivity contribution in [2.24, 2.45) is 10.7 Å². The Morgan fingerprint density at radius 3 is 2.69 bits per heavy atom. The number of methoxy groups -OCH3 is 2. The molecule has 2 rings (SSSR count). The summed E-state index contributed by atoms with van der Waals surface area (Å²) in [7, 11) is 2.41. The maximum Gasteiger partial charge on any atom is 0.358 e. The van der Waals surface area contributed by atoms with E-state index in [1.54, 1.807) is 12.1 Å². The minimum atomic E-state index is -0.889. The lowest BCUT2D eigenvalue weighted by Crippen LogP contribution is -2.26. The Labute approximate surface area is 176 Å². The Hall–Kier alpha value is -2.97. The lowest BCUT2D eigenvalue weighted by atomic mass is 10.1. The molecule has 0 aliphatic rings. The van der Waals surface area contributed by atoms with E-state index >= 15 is 0 Å². The van der Waals surface area contributed by atoms with Crippen LogP contribution in [0.4, 0.5) is 4.39 Å². The number of esters is 1. The summed E-state index contributed by atoms with van der Waals surface area (Å²) < 4.78 is 29.4. The van der Waals surface area contributed by atoms with Gasteiger partial charge in [0.15, 0.2) is 17.3 Å². The number of nitrogens with two attached hydrogens (primary N) is 1. The fraction of sp³-hybridized carbons (Fsp3) is 0.158. The van der Waals surface area contributed by atoms with Crippen LogP contribution in [0.15, 0.2) is 57.4 Å². The summed E-state index contributed by atoms with van der Waals surface area (Å²) in [6.45, 7) is 3.90. The summed E-state index contributed by atoms with van der Waals surface area (Å²) in [5.74, 6) is -1.33. The van der Waals surface area contributed by atoms with Crippen molar-refractivity contribution in [1.29, 1.82) is 0 Å². The normalized spacial score (nSPS) is 12.2. The van der Waals surface area contributed by atoms with E-state index in [0.717, 1.165) is 7.11 Å². The van der Waals surface area contributed by atoms with Gasteiger partial charge in [-0.3, -0.25) is 0 Å². The topological polar surface area (TPSA) is 99.1 Å². The summed E-state index contributed by atoms with van der Waals surface area (Å²) in [5, 5.41) is 2.64. The first-order valence-electron chi connectivity index (χ1n) is 8.10. The number of carbonyl (C=O) groups excluding carboxylic acids is 1. The second kappa shape index (κ2) is 9.99. The number of ether oxygens (including phenoxy) is 2. The highest BCUT2D eigenvalue weighted by Gasteiger charge is 2.22. The third-order valence-electron chi connectivity index (χ3n) is 3.67. The molecule has 0 aliphatic heterocycles. The number of hydrogen-bond acceptors (Lipinski definition) is 7. The molecule has 154 valence electrons. The molecule has 7 nitrogen and oxygen atoms in total. The molecule has 0 radical (unpaired) electrons. The molecule has 0 bridgehead atoms. The molecule has 10 heteroatoms. The van der Waals surface area contributed by atoms with Gasteiger partial charge in [0, 0.05) is 5.56 Å². The van der Waals surface area contributed by atoms with E-state index in [9.17, 15) is 9.18 Å². The Kier molecular flexibility index (Phi) is 7.69. The first-order chi connectivity index (χ1) is 13.8. The first kappa shape index (κ1) is 22.3. The first-order valence-corrected chi connectivity index (χ1v) is 8.85. The number of hydrogen-bond donors (Lipinski definition) is 2. The lowest BCUT2D eigenvalue weighted by molar-refractivity contribution is -0.132. The molecule has 29 heavy (non-hydrogen) atoms. The van der Waals surface area contributed by atoms with Crippen molar-refractivity contribution in [3.63, 3.8) is 0 Å². The second-order valence-corrected chi connectivity index (χ2v) is 6.29. The highest BCUT2D eigenvalue weighted by atomic mass is 35.5. The average Bonchev–Trinajstić information content (AvgIpc) is 3.23. The van der Waals surface area contributed by atoms with Gasteiger partial charge in [0.1, 0.15) is 16.6 Å². The van der Waals surface area contributed by atoms with Gasteiger partial charge in [-0.05, 0) is 24.3 Å². The molecule has 1 heterocycles. The standard InChI is InChI=1S/C19H18Cl2FN3O4/c1-10(12-6-7-13(20)17(27-2)15(12)22)25-16(19(26)28-3)14(21)18(23)24-9-11-5-4-8-29-11/h4-8,24H,1,9,23H2,2-3H3/b18-14-,25-16+. The predicted octanol–water partition coefficient (Wildman–Crippen LogP) is 3.82. The number of benzene rings is 1. The summed E-state index contributed by atoms with van der Waals surface area (Å²) in [6, 6.07) is 6.19. The van der Waals surface area contributed by atoms with Crippen molar-refractivity contribution in [3.8, 4) is 5.75 Å². The molecular formula is C19H18Cl2FN3O4. The van der Waals surface area contributed by atoms with Gasteiger partial charge < -0.3 is 24.9 Å². The van der Waals surface area contributed by atoms with E-state index in [2.05, 4.69) is 16.9 Å². The van der Waals surface area contributed by atoms with E-state index in [1.165, 1.54) is 25.5 Å². The monoisotopic (exact) mass is 441 g/mol. The van der Waals surface area contributed by atoms with Crippen LogP contribution >= 0.6 is 23.2 Å². The number of nitrogens with zero attached hydrogens (tertiary/aromatic N) is 1. The minimum absolute atomic E-state index is 0.0424. The second-order valence-electron chi connectivity index (χ2n) is 5.50. The Morgan fingerprint density at radius 1 is 1.38 bits per heavy atom. The molecule has 0 spiro atoms. The third-order valence-corrected chi connectivity index (χ3v) is 4.35. The smallest absolute Gasteiger partial charge is 0.358 e. The predicted molar refractivity (Wildman–Crippen MR) is 109 cm³/mol. The summed E-state index contributed by atoms with van der Waals surface area (Å²) in [5.41, 5.74) is 5.38. The van der Waals surface area contributed by atoms with Crippen LogP contribution in [0.2, 0.25) is 5.02 Å². The van der Waals surface area contributed by atoms with Crippen LogP contribution in [0.5, 0.6) is 5.75 Å².